The van der Waals surface area contributed by atoms with Crippen LogP contribution in [0.1, 0.15) is 19.2 Å². The SMILES string of the molecule is CCN1CCC(Cc2ncc3c(Br)cccn23)C1. The van der Waals surface area contributed by atoms with Gasteiger partial charge in [-0.3, -0.25) is 0 Å². The van der Waals surface area contributed by atoms with E-state index < -0.39 is 0 Å². The van der Waals surface area contributed by atoms with Crippen LogP contribution in [0.5, 0.6) is 0 Å². The van der Waals surface area contributed by atoms with E-state index in [0.717, 1.165) is 22.3 Å². The number of aromatic nitrogens is 2. The third-order valence-electron chi connectivity index (χ3n) is 3.88. The molecule has 1 fully saturated rings. The van der Waals surface area contributed by atoms with E-state index in [9.17, 15) is 0 Å². The Kier molecular flexibility index (Phi) is 3.39. The molecule has 0 spiro atoms. The molecule has 1 atom stereocenters. The molecule has 4 heteroatoms. The monoisotopic (exact) mass is 307 g/mol. The predicted molar refractivity (Wildman–Crippen MR) is 76.8 cm³/mol. The van der Waals surface area contributed by atoms with E-state index >= 15 is 0 Å². The summed E-state index contributed by atoms with van der Waals surface area (Å²) in [6.07, 6.45) is 6.46. The maximum Gasteiger partial charge on any atom is 0.113 e. The Hall–Kier alpha value is -0.870. The second-order valence-corrected chi connectivity index (χ2v) is 5.89. The van der Waals surface area contributed by atoms with E-state index in [2.05, 4.69) is 55.5 Å². The smallest absolute Gasteiger partial charge is 0.113 e. The van der Waals surface area contributed by atoms with Crippen molar-refractivity contribution in [2.45, 2.75) is 19.8 Å². The fourth-order valence-electron chi connectivity index (χ4n) is 2.82. The summed E-state index contributed by atoms with van der Waals surface area (Å²) in [6, 6.07) is 4.13. The number of hydrogen-bond acceptors (Lipinski definition) is 2. The number of rotatable bonds is 3. The number of nitrogens with zero attached hydrogens (tertiary/aromatic N) is 3. The topological polar surface area (TPSA) is 20.5 Å². The number of hydrogen-bond donors (Lipinski definition) is 0. The summed E-state index contributed by atoms with van der Waals surface area (Å²) < 4.78 is 3.32. The Balaban J connectivity index is 1.81. The van der Waals surface area contributed by atoms with Crippen LogP contribution >= 0.6 is 15.9 Å². The molecule has 3 nitrogen and oxygen atoms in total. The zero-order valence-corrected chi connectivity index (χ0v) is 12.2. The van der Waals surface area contributed by atoms with E-state index in [1.165, 1.54) is 31.9 Å². The van der Waals surface area contributed by atoms with Gasteiger partial charge < -0.3 is 9.30 Å². The van der Waals surface area contributed by atoms with Crippen molar-refractivity contribution < 1.29 is 0 Å². The third kappa shape index (κ3) is 2.19. The van der Waals surface area contributed by atoms with Gasteiger partial charge in [-0.2, -0.15) is 0 Å². The largest absolute Gasteiger partial charge is 0.303 e. The highest BCUT2D eigenvalue weighted by Gasteiger charge is 2.22. The lowest BCUT2D eigenvalue weighted by atomic mass is 10.0. The number of likely N-dealkylation sites (tertiary alicyclic amines) is 1. The first kappa shape index (κ1) is 12.2. The first-order valence-corrected chi connectivity index (χ1v) is 7.40. The first-order chi connectivity index (χ1) is 8.78. The van der Waals surface area contributed by atoms with Crippen LogP contribution in [0, 0.1) is 5.92 Å². The quantitative estimate of drug-likeness (QED) is 0.869. The first-order valence-electron chi connectivity index (χ1n) is 6.60. The van der Waals surface area contributed by atoms with Crippen molar-refractivity contribution in [3.05, 3.63) is 34.8 Å². The van der Waals surface area contributed by atoms with Crippen molar-refractivity contribution in [1.82, 2.24) is 14.3 Å². The lowest BCUT2D eigenvalue weighted by Gasteiger charge is -2.12. The van der Waals surface area contributed by atoms with Crippen LogP contribution in [-0.2, 0) is 6.42 Å². The maximum absolute atomic E-state index is 4.58. The zero-order chi connectivity index (χ0) is 12.5. The van der Waals surface area contributed by atoms with Crippen LogP contribution in [0.25, 0.3) is 5.52 Å². The van der Waals surface area contributed by atoms with Crippen LogP contribution in [0.15, 0.2) is 29.0 Å². The van der Waals surface area contributed by atoms with Gasteiger partial charge >= 0.3 is 0 Å². The third-order valence-corrected chi connectivity index (χ3v) is 4.55. The van der Waals surface area contributed by atoms with Gasteiger partial charge in [-0.15, -0.1) is 0 Å². The van der Waals surface area contributed by atoms with Crippen LogP contribution < -0.4 is 0 Å². The van der Waals surface area contributed by atoms with Crippen LogP contribution in [-0.4, -0.2) is 33.9 Å². The van der Waals surface area contributed by atoms with Crippen LogP contribution in [0.4, 0.5) is 0 Å². The molecule has 96 valence electrons. The molecule has 0 amide bonds. The van der Waals surface area contributed by atoms with E-state index in [-0.39, 0.29) is 0 Å². The lowest BCUT2D eigenvalue weighted by Crippen LogP contribution is -2.20. The standard InChI is InChI=1S/C14H18BrN3/c1-2-17-7-5-11(10-17)8-14-16-9-13-12(15)4-3-6-18(13)14/h3-4,6,9,11H,2,5,7-8,10H2,1H3. The van der Waals surface area contributed by atoms with Crippen molar-refractivity contribution in [3.63, 3.8) is 0 Å². The number of halogens is 1. The highest BCUT2D eigenvalue weighted by Crippen LogP contribution is 2.23. The minimum absolute atomic E-state index is 0.759. The number of pyridine rings is 1. The molecule has 0 saturated carbocycles. The predicted octanol–water partition coefficient (Wildman–Crippen LogP) is 2.98. The second-order valence-electron chi connectivity index (χ2n) is 5.04. The fourth-order valence-corrected chi connectivity index (χ4v) is 3.26. The average molecular weight is 308 g/mol. The molecule has 1 saturated heterocycles. The van der Waals surface area contributed by atoms with Gasteiger partial charge in [0.2, 0.25) is 0 Å². The summed E-state index contributed by atoms with van der Waals surface area (Å²) in [5, 5.41) is 0. The summed E-state index contributed by atoms with van der Waals surface area (Å²) in [6.45, 7) is 5.88. The van der Waals surface area contributed by atoms with Gasteiger partial charge in [-0.25, -0.2) is 4.98 Å². The Morgan fingerprint density at radius 1 is 1.50 bits per heavy atom. The average Bonchev–Trinajstić information content (AvgIpc) is 2.98. The summed E-state index contributed by atoms with van der Waals surface area (Å²) in [5.74, 6) is 1.95. The van der Waals surface area contributed by atoms with Gasteiger partial charge in [0.1, 0.15) is 5.82 Å². The summed E-state index contributed by atoms with van der Waals surface area (Å²) in [5.41, 5.74) is 1.16. The molecule has 0 radical (unpaired) electrons. The molecule has 0 aliphatic carbocycles. The van der Waals surface area contributed by atoms with Crippen molar-refractivity contribution in [2.75, 3.05) is 19.6 Å². The Morgan fingerprint density at radius 2 is 2.39 bits per heavy atom. The summed E-state index contributed by atoms with van der Waals surface area (Å²) >= 11 is 3.57. The molecular formula is C14H18BrN3. The molecule has 2 aromatic heterocycles. The van der Waals surface area contributed by atoms with Crippen molar-refractivity contribution >= 4 is 21.4 Å². The Morgan fingerprint density at radius 3 is 3.17 bits per heavy atom. The Bertz CT molecular complexity index is 549. The molecule has 2 aromatic rings. The van der Waals surface area contributed by atoms with Gasteiger partial charge in [0.15, 0.2) is 0 Å². The molecule has 0 N–H and O–H groups in total. The van der Waals surface area contributed by atoms with E-state index in [1.807, 2.05) is 6.20 Å². The molecule has 1 aliphatic rings. The molecular weight excluding hydrogens is 290 g/mol. The maximum atomic E-state index is 4.58. The minimum atomic E-state index is 0.759. The highest BCUT2D eigenvalue weighted by molar-refractivity contribution is 9.10. The molecule has 0 bridgehead atoms. The number of imidazole rings is 1. The summed E-state index contributed by atoms with van der Waals surface area (Å²) in [4.78, 5) is 7.11. The minimum Gasteiger partial charge on any atom is -0.303 e. The van der Waals surface area contributed by atoms with Gasteiger partial charge in [0.25, 0.3) is 0 Å². The zero-order valence-electron chi connectivity index (χ0n) is 10.6. The van der Waals surface area contributed by atoms with Gasteiger partial charge in [0.05, 0.1) is 11.7 Å². The van der Waals surface area contributed by atoms with Crippen LogP contribution in [0.3, 0.4) is 0 Å². The van der Waals surface area contributed by atoms with Crippen molar-refractivity contribution in [2.24, 2.45) is 5.92 Å². The second kappa shape index (κ2) is 5.02. The summed E-state index contributed by atoms with van der Waals surface area (Å²) in [7, 11) is 0. The molecule has 1 unspecified atom stereocenters. The van der Waals surface area contributed by atoms with E-state index in [4.69, 9.17) is 0 Å². The number of fused-ring (bicyclic) bond motifs is 1. The van der Waals surface area contributed by atoms with Gasteiger partial charge in [-0.1, -0.05) is 6.92 Å². The van der Waals surface area contributed by atoms with E-state index in [0.29, 0.717) is 0 Å². The van der Waals surface area contributed by atoms with E-state index in [1.54, 1.807) is 0 Å². The molecule has 3 rings (SSSR count). The van der Waals surface area contributed by atoms with Crippen molar-refractivity contribution in [3.8, 4) is 0 Å². The molecule has 0 aromatic carbocycles. The fraction of sp³-hybridized carbons (Fsp3) is 0.500. The molecule has 1 aliphatic heterocycles. The normalized spacial score (nSPS) is 20.9. The van der Waals surface area contributed by atoms with Crippen molar-refractivity contribution in [1.29, 1.82) is 0 Å². The molecule has 18 heavy (non-hydrogen) atoms. The Labute approximate surface area is 116 Å². The highest BCUT2D eigenvalue weighted by atomic mass is 79.9. The lowest BCUT2D eigenvalue weighted by molar-refractivity contribution is 0.341. The van der Waals surface area contributed by atoms with Crippen LogP contribution in [0.2, 0.25) is 0 Å². The molecule has 3 heterocycles. The van der Waals surface area contributed by atoms with Gasteiger partial charge in [0, 0.05) is 23.6 Å². The van der Waals surface area contributed by atoms with Gasteiger partial charge in [-0.05, 0) is 53.5 Å².